The van der Waals surface area contributed by atoms with Crippen molar-refractivity contribution < 1.29 is 4.79 Å². The lowest BCUT2D eigenvalue weighted by Crippen LogP contribution is -2.32. The van der Waals surface area contributed by atoms with Gasteiger partial charge in [-0.1, -0.05) is 6.92 Å². The molecule has 1 aliphatic rings. The van der Waals surface area contributed by atoms with Gasteiger partial charge in [0.2, 0.25) is 5.91 Å². The summed E-state index contributed by atoms with van der Waals surface area (Å²) in [5, 5.41) is 3.99. The smallest absolute Gasteiger partial charge is 0.244 e. The maximum atomic E-state index is 11.8. The lowest BCUT2D eigenvalue weighted by Gasteiger charge is -2.16. The molecule has 1 heterocycles. The Morgan fingerprint density at radius 2 is 2.44 bits per heavy atom. The first-order chi connectivity index (χ1) is 7.56. The van der Waals surface area contributed by atoms with Crippen molar-refractivity contribution in [2.75, 3.05) is 19.3 Å². The van der Waals surface area contributed by atoms with E-state index in [4.69, 9.17) is 5.73 Å². The van der Waals surface area contributed by atoms with Crippen LogP contribution in [0.15, 0.2) is 12.4 Å². The van der Waals surface area contributed by atoms with Crippen LogP contribution in [0.4, 0.5) is 5.69 Å². The topological polar surface area (TPSA) is 64.2 Å². The summed E-state index contributed by atoms with van der Waals surface area (Å²) in [7, 11) is 1.85. The van der Waals surface area contributed by atoms with Crippen LogP contribution in [0, 0.1) is 11.8 Å². The van der Waals surface area contributed by atoms with Crippen LogP contribution in [0.2, 0.25) is 0 Å². The van der Waals surface area contributed by atoms with E-state index in [1.54, 1.807) is 22.0 Å². The molecule has 1 amide bonds. The minimum Gasteiger partial charge on any atom is -0.396 e. The molecule has 2 rings (SSSR count). The van der Waals surface area contributed by atoms with Crippen molar-refractivity contribution in [1.29, 1.82) is 0 Å². The summed E-state index contributed by atoms with van der Waals surface area (Å²) in [4.78, 5) is 13.6. The van der Waals surface area contributed by atoms with E-state index in [1.165, 1.54) is 6.42 Å². The van der Waals surface area contributed by atoms with E-state index in [2.05, 4.69) is 12.0 Å². The predicted octanol–water partition coefficient (Wildman–Crippen LogP) is 0.580. The van der Waals surface area contributed by atoms with Gasteiger partial charge in [-0.2, -0.15) is 5.10 Å². The van der Waals surface area contributed by atoms with Gasteiger partial charge in [-0.25, -0.2) is 0 Å². The van der Waals surface area contributed by atoms with E-state index in [0.717, 1.165) is 12.5 Å². The fourth-order valence-corrected chi connectivity index (χ4v) is 1.83. The SMILES string of the molecule is CC1CC1CN(C)C(=O)Cn1cc(N)cn1. The average Bonchev–Trinajstić information content (AvgIpc) is 2.73. The van der Waals surface area contributed by atoms with Crippen molar-refractivity contribution in [3.8, 4) is 0 Å². The van der Waals surface area contributed by atoms with Gasteiger partial charge >= 0.3 is 0 Å². The number of likely N-dealkylation sites (N-methyl/N-ethyl adjacent to an activating group) is 1. The number of anilines is 1. The Hall–Kier alpha value is -1.52. The molecular formula is C11H18N4O. The van der Waals surface area contributed by atoms with Crippen LogP contribution in [-0.2, 0) is 11.3 Å². The normalized spacial score (nSPS) is 23.1. The zero-order chi connectivity index (χ0) is 11.7. The van der Waals surface area contributed by atoms with Gasteiger partial charge in [-0.3, -0.25) is 9.48 Å². The largest absolute Gasteiger partial charge is 0.396 e. The molecule has 0 aliphatic heterocycles. The molecule has 0 aromatic carbocycles. The van der Waals surface area contributed by atoms with Crippen LogP contribution >= 0.6 is 0 Å². The number of hydrogen-bond acceptors (Lipinski definition) is 3. The minimum atomic E-state index is 0.0854. The average molecular weight is 222 g/mol. The summed E-state index contributed by atoms with van der Waals surface area (Å²) in [6.07, 6.45) is 4.47. The third-order valence-corrected chi connectivity index (χ3v) is 3.16. The highest BCUT2D eigenvalue weighted by atomic mass is 16.2. The van der Waals surface area contributed by atoms with E-state index in [0.29, 0.717) is 11.6 Å². The molecule has 16 heavy (non-hydrogen) atoms. The Morgan fingerprint density at radius 1 is 1.75 bits per heavy atom. The third kappa shape index (κ3) is 2.53. The molecule has 2 unspecified atom stereocenters. The minimum absolute atomic E-state index is 0.0854. The highest BCUT2D eigenvalue weighted by Gasteiger charge is 2.34. The quantitative estimate of drug-likeness (QED) is 0.810. The van der Waals surface area contributed by atoms with Crippen LogP contribution in [0.3, 0.4) is 0 Å². The number of nitrogen functional groups attached to an aromatic ring is 1. The number of carbonyl (C=O) groups excluding carboxylic acids is 1. The van der Waals surface area contributed by atoms with Gasteiger partial charge in [0.1, 0.15) is 6.54 Å². The van der Waals surface area contributed by atoms with E-state index < -0.39 is 0 Å². The van der Waals surface area contributed by atoms with Gasteiger partial charge in [0.15, 0.2) is 0 Å². The Morgan fingerprint density at radius 3 is 2.94 bits per heavy atom. The van der Waals surface area contributed by atoms with Gasteiger partial charge in [-0.15, -0.1) is 0 Å². The number of nitrogens with zero attached hydrogens (tertiary/aromatic N) is 3. The Labute approximate surface area is 95.2 Å². The van der Waals surface area contributed by atoms with Gasteiger partial charge in [0.05, 0.1) is 11.9 Å². The first-order valence-electron chi connectivity index (χ1n) is 5.58. The molecule has 1 saturated carbocycles. The Bertz CT molecular complexity index is 387. The highest BCUT2D eigenvalue weighted by Crippen LogP contribution is 2.37. The Balaban J connectivity index is 1.82. The van der Waals surface area contributed by atoms with Crippen molar-refractivity contribution >= 4 is 11.6 Å². The van der Waals surface area contributed by atoms with Gasteiger partial charge in [-0.05, 0) is 18.3 Å². The Kier molecular flexibility index (Phi) is 2.85. The molecule has 5 nitrogen and oxygen atoms in total. The van der Waals surface area contributed by atoms with Crippen molar-refractivity contribution in [1.82, 2.24) is 14.7 Å². The molecule has 1 aromatic heterocycles. The number of hydrogen-bond donors (Lipinski definition) is 1. The third-order valence-electron chi connectivity index (χ3n) is 3.16. The molecule has 5 heteroatoms. The standard InChI is InChI=1S/C11H18N4O/c1-8-3-9(8)5-14(2)11(16)7-15-6-10(12)4-13-15/h4,6,8-9H,3,5,7,12H2,1-2H3. The fraction of sp³-hybridized carbons (Fsp3) is 0.636. The molecule has 1 fully saturated rings. The van der Waals surface area contributed by atoms with Crippen molar-refractivity contribution in [3.05, 3.63) is 12.4 Å². The molecule has 0 saturated heterocycles. The second kappa shape index (κ2) is 4.15. The fourth-order valence-electron chi connectivity index (χ4n) is 1.83. The lowest BCUT2D eigenvalue weighted by molar-refractivity contribution is -0.130. The van der Waals surface area contributed by atoms with Crippen molar-refractivity contribution in [2.45, 2.75) is 19.9 Å². The molecule has 0 radical (unpaired) electrons. The number of aromatic nitrogens is 2. The zero-order valence-electron chi connectivity index (χ0n) is 9.76. The summed E-state index contributed by atoms with van der Waals surface area (Å²) in [6.45, 7) is 3.35. The molecule has 0 spiro atoms. The van der Waals surface area contributed by atoms with Gasteiger partial charge in [0, 0.05) is 19.8 Å². The van der Waals surface area contributed by atoms with Gasteiger partial charge in [0.25, 0.3) is 0 Å². The van der Waals surface area contributed by atoms with Crippen LogP contribution in [-0.4, -0.2) is 34.2 Å². The maximum Gasteiger partial charge on any atom is 0.244 e. The second-order valence-corrected chi connectivity index (χ2v) is 4.72. The zero-order valence-corrected chi connectivity index (χ0v) is 9.76. The van der Waals surface area contributed by atoms with E-state index in [9.17, 15) is 4.79 Å². The summed E-state index contributed by atoms with van der Waals surface area (Å²) in [5.41, 5.74) is 6.12. The van der Waals surface area contributed by atoms with Crippen LogP contribution < -0.4 is 5.73 Å². The van der Waals surface area contributed by atoms with Gasteiger partial charge < -0.3 is 10.6 Å². The summed E-state index contributed by atoms with van der Waals surface area (Å²) < 4.78 is 1.57. The number of carbonyl (C=O) groups is 1. The monoisotopic (exact) mass is 222 g/mol. The van der Waals surface area contributed by atoms with Crippen LogP contribution in [0.5, 0.6) is 0 Å². The summed E-state index contributed by atoms with van der Waals surface area (Å²) in [6, 6.07) is 0. The lowest BCUT2D eigenvalue weighted by atomic mass is 10.3. The van der Waals surface area contributed by atoms with E-state index >= 15 is 0 Å². The summed E-state index contributed by atoms with van der Waals surface area (Å²) >= 11 is 0. The molecule has 2 N–H and O–H groups in total. The van der Waals surface area contributed by atoms with Crippen LogP contribution in [0.25, 0.3) is 0 Å². The molecule has 1 aliphatic carbocycles. The number of amides is 1. The first kappa shape index (κ1) is 11.0. The second-order valence-electron chi connectivity index (χ2n) is 4.72. The molecule has 88 valence electrons. The molecule has 0 bridgehead atoms. The highest BCUT2D eigenvalue weighted by molar-refractivity contribution is 5.75. The maximum absolute atomic E-state index is 11.8. The first-order valence-corrected chi connectivity index (χ1v) is 5.58. The van der Waals surface area contributed by atoms with E-state index in [-0.39, 0.29) is 12.5 Å². The van der Waals surface area contributed by atoms with E-state index in [1.807, 2.05) is 7.05 Å². The van der Waals surface area contributed by atoms with Crippen molar-refractivity contribution in [3.63, 3.8) is 0 Å². The predicted molar refractivity (Wildman–Crippen MR) is 61.5 cm³/mol. The molecule has 1 aromatic rings. The number of rotatable bonds is 4. The van der Waals surface area contributed by atoms with Crippen LogP contribution in [0.1, 0.15) is 13.3 Å². The summed E-state index contributed by atoms with van der Waals surface area (Å²) in [5.74, 6) is 1.55. The van der Waals surface area contributed by atoms with Crippen molar-refractivity contribution in [2.24, 2.45) is 11.8 Å². The number of nitrogens with two attached hydrogens (primary N) is 1. The molecule has 2 atom stereocenters. The molecular weight excluding hydrogens is 204 g/mol.